The molecule has 108 valence electrons. The highest BCUT2D eigenvalue weighted by molar-refractivity contribution is 5.24. The highest BCUT2D eigenvalue weighted by atomic mass is 19.4. The van der Waals surface area contributed by atoms with Crippen molar-refractivity contribution in [3.05, 3.63) is 22.8 Å². The van der Waals surface area contributed by atoms with Crippen LogP contribution >= 0.6 is 0 Å². The van der Waals surface area contributed by atoms with Crippen molar-refractivity contribution in [3.8, 4) is 0 Å². The van der Waals surface area contributed by atoms with Crippen LogP contribution in [0.2, 0.25) is 0 Å². The zero-order chi connectivity index (χ0) is 14.8. The lowest BCUT2D eigenvalue weighted by Gasteiger charge is -2.22. The average molecular weight is 275 g/mol. The molecule has 0 spiro atoms. The molecule has 6 heteroatoms. The Kier molecular flexibility index (Phi) is 4.55. The standard InChI is InChI=1S/C13H20F3N3/c1-8-10(7-17-12(3,4)5)9(2)19-11(18-8)6-13(14,15)16/h17H,6-7H2,1-5H3. The molecule has 0 amide bonds. The van der Waals surface area contributed by atoms with Crippen LogP contribution in [0.15, 0.2) is 0 Å². The van der Waals surface area contributed by atoms with Crippen LogP contribution in [-0.4, -0.2) is 21.7 Å². The van der Waals surface area contributed by atoms with E-state index in [9.17, 15) is 13.2 Å². The lowest BCUT2D eigenvalue weighted by molar-refractivity contribution is -0.128. The monoisotopic (exact) mass is 275 g/mol. The summed E-state index contributed by atoms with van der Waals surface area (Å²) in [5, 5.41) is 3.29. The minimum absolute atomic E-state index is 0.0660. The minimum Gasteiger partial charge on any atom is -0.308 e. The van der Waals surface area contributed by atoms with Crippen molar-refractivity contribution in [1.82, 2.24) is 15.3 Å². The van der Waals surface area contributed by atoms with Crippen molar-refractivity contribution >= 4 is 0 Å². The van der Waals surface area contributed by atoms with Gasteiger partial charge >= 0.3 is 6.18 Å². The normalized spacial score (nSPS) is 12.8. The van der Waals surface area contributed by atoms with E-state index in [-0.39, 0.29) is 11.4 Å². The largest absolute Gasteiger partial charge is 0.396 e. The summed E-state index contributed by atoms with van der Waals surface area (Å²) in [4.78, 5) is 7.90. The van der Waals surface area contributed by atoms with Gasteiger partial charge in [-0.2, -0.15) is 13.2 Å². The van der Waals surface area contributed by atoms with E-state index >= 15 is 0 Å². The highest BCUT2D eigenvalue weighted by Crippen LogP contribution is 2.21. The first kappa shape index (κ1) is 15.9. The number of aromatic nitrogens is 2. The predicted octanol–water partition coefficient (Wildman–Crippen LogP) is 3.09. The topological polar surface area (TPSA) is 37.8 Å². The summed E-state index contributed by atoms with van der Waals surface area (Å²) in [5.41, 5.74) is 2.00. The Balaban J connectivity index is 2.92. The van der Waals surface area contributed by atoms with Gasteiger partial charge in [-0.15, -0.1) is 0 Å². The summed E-state index contributed by atoms with van der Waals surface area (Å²) in [7, 11) is 0. The molecule has 0 aliphatic carbocycles. The van der Waals surface area contributed by atoms with E-state index in [1.54, 1.807) is 13.8 Å². The van der Waals surface area contributed by atoms with Crippen molar-refractivity contribution < 1.29 is 13.2 Å². The molecule has 1 N–H and O–H groups in total. The molecule has 0 saturated carbocycles. The van der Waals surface area contributed by atoms with Crippen molar-refractivity contribution in [2.24, 2.45) is 0 Å². The summed E-state index contributed by atoms with van der Waals surface area (Å²) < 4.78 is 37.0. The van der Waals surface area contributed by atoms with Gasteiger partial charge in [0.05, 0.1) is 0 Å². The first-order valence-corrected chi connectivity index (χ1v) is 6.13. The smallest absolute Gasteiger partial charge is 0.308 e. The number of hydrogen-bond donors (Lipinski definition) is 1. The van der Waals surface area contributed by atoms with Crippen LogP contribution in [0.25, 0.3) is 0 Å². The number of alkyl halides is 3. The molecule has 0 aliphatic rings. The van der Waals surface area contributed by atoms with Gasteiger partial charge in [0, 0.05) is 29.0 Å². The molecule has 1 rings (SSSR count). The van der Waals surface area contributed by atoms with Gasteiger partial charge in [-0.25, -0.2) is 9.97 Å². The molecule has 0 radical (unpaired) electrons. The number of nitrogens with one attached hydrogen (secondary N) is 1. The zero-order valence-corrected chi connectivity index (χ0v) is 11.9. The summed E-state index contributed by atoms with van der Waals surface area (Å²) in [5.74, 6) is -0.165. The maximum absolute atomic E-state index is 12.3. The van der Waals surface area contributed by atoms with Gasteiger partial charge in [-0.3, -0.25) is 0 Å². The Bertz CT molecular complexity index is 424. The van der Waals surface area contributed by atoms with Crippen LogP contribution in [0.4, 0.5) is 13.2 Å². The number of rotatable bonds is 3. The van der Waals surface area contributed by atoms with Crippen LogP contribution in [0.5, 0.6) is 0 Å². The van der Waals surface area contributed by atoms with E-state index in [0.29, 0.717) is 17.9 Å². The first-order chi connectivity index (χ1) is 8.48. The molecule has 0 saturated heterocycles. The van der Waals surface area contributed by atoms with Gasteiger partial charge < -0.3 is 5.32 Å². The second-order valence-corrected chi connectivity index (χ2v) is 5.68. The van der Waals surface area contributed by atoms with Gasteiger partial charge in [0.15, 0.2) is 0 Å². The van der Waals surface area contributed by atoms with Gasteiger partial charge in [0.2, 0.25) is 0 Å². The highest BCUT2D eigenvalue weighted by Gasteiger charge is 2.29. The number of nitrogens with zero attached hydrogens (tertiary/aromatic N) is 2. The Hall–Kier alpha value is -1.17. The Morgan fingerprint density at radius 3 is 1.84 bits per heavy atom. The molecule has 0 unspecified atom stereocenters. The Morgan fingerprint density at radius 1 is 1.00 bits per heavy atom. The van der Waals surface area contributed by atoms with Crippen LogP contribution in [0, 0.1) is 13.8 Å². The van der Waals surface area contributed by atoms with Crippen molar-refractivity contribution in [3.63, 3.8) is 0 Å². The van der Waals surface area contributed by atoms with Crippen LogP contribution in [0.1, 0.15) is 43.5 Å². The van der Waals surface area contributed by atoms with Crippen molar-refractivity contribution in [2.75, 3.05) is 0 Å². The summed E-state index contributed by atoms with van der Waals surface area (Å²) in [6.07, 6.45) is -5.36. The van der Waals surface area contributed by atoms with Gasteiger partial charge in [-0.05, 0) is 34.6 Å². The third-order valence-corrected chi connectivity index (χ3v) is 2.62. The Morgan fingerprint density at radius 2 is 1.47 bits per heavy atom. The van der Waals surface area contributed by atoms with Crippen LogP contribution in [-0.2, 0) is 13.0 Å². The van der Waals surface area contributed by atoms with E-state index in [4.69, 9.17) is 0 Å². The van der Waals surface area contributed by atoms with E-state index in [1.807, 2.05) is 20.8 Å². The number of halogens is 3. The first-order valence-electron chi connectivity index (χ1n) is 6.13. The predicted molar refractivity (Wildman–Crippen MR) is 67.9 cm³/mol. The number of hydrogen-bond acceptors (Lipinski definition) is 3. The van der Waals surface area contributed by atoms with Crippen LogP contribution < -0.4 is 5.32 Å². The molecule has 0 aromatic carbocycles. The number of aryl methyl sites for hydroxylation is 2. The van der Waals surface area contributed by atoms with E-state index < -0.39 is 12.6 Å². The van der Waals surface area contributed by atoms with E-state index in [2.05, 4.69) is 15.3 Å². The molecule has 0 aliphatic heterocycles. The molecule has 1 heterocycles. The van der Waals surface area contributed by atoms with Gasteiger partial charge in [0.1, 0.15) is 12.2 Å². The van der Waals surface area contributed by atoms with Crippen LogP contribution in [0.3, 0.4) is 0 Å². The SMILES string of the molecule is Cc1nc(CC(F)(F)F)nc(C)c1CNC(C)(C)C. The molecule has 0 atom stereocenters. The molecule has 19 heavy (non-hydrogen) atoms. The minimum atomic E-state index is -4.27. The van der Waals surface area contributed by atoms with E-state index in [1.165, 1.54) is 0 Å². The van der Waals surface area contributed by atoms with E-state index in [0.717, 1.165) is 5.56 Å². The molecular weight excluding hydrogens is 255 g/mol. The summed E-state index contributed by atoms with van der Waals surface area (Å²) in [6.45, 7) is 10.1. The van der Waals surface area contributed by atoms with Crippen molar-refractivity contribution in [2.45, 2.75) is 59.3 Å². The molecule has 0 fully saturated rings. The second kappa shape index (κ2) is 5.45. The maximum Gasteiger partial charge on any atom is 0.396 e. The zero-order valence-electron chi connectivity index (χ0n) is 11.9. The lowest BCUT2D eigenvalue weighted by atomic mass is 10.1. The fraction of sp³-hybridized carbons (Fsp3) is 0.692. The maximum atomic E-state index is 12.3. The Labute approximate surface area is 111 Å². The average Bonchev–Trinajstić information content (AvgIpc) is 2.10. The molecular formula is C13H20F3N3. The molecule has 1 aromatic rings. The summed E-state index contributed by atoms with van der Waals surface area (Å²) in [6, 6.07) is 0. The van der Waals surface area contributed by atoms with Gasteiger partial charge in [-0.1, -0.05) is 0 Å². The van der Waals surface area contributed by atoms with Gasteiger partial charge in [0.25, 0.3) is 0 Å². The quantitative estimate of drug-likeness (QED) is 0.921. The molecule has 0 bridgehead atoms. The van der Waals surface area contributed by atoms with Crippen molar-refractivity contribution in [1.29, 1.82) is 0 Å². The third kappa shape index (κ3) is 5.55. The fourth-order valence-corrected chi connectivity index (χ4v) is 1.68. The second-order valence-electron chi connectivity index (χ2n) is 5.68. The fourth-order valence-electron chi connectivity index (χ4n) is 1.68. The molecule has 3 nitrogen and oxygen atoms in total. The summed E-state index contributed by atoms with van der Waals surface area (Å²) >= 11 is 0. The third-order valence-electron chi connectivity index (χ3n) is 2.62. The lowest BCUT2D eigenvalue weighted by Crippen LogP contribution is -2.35. The molecule has 1 aromatic heterocycles.